The zero-order valence-corrected chi connectivity index (χ0v) is 11.9. The fourth-order valence-electron chi connectivity index (χ4n) is 1.96. The molecule has 3 rings (SSSR count). The lowest BCUT2D eigenvalue weighted by atomic mass is 10.2. The van der Waals surface area contributed by atoms with Crippen LogP contribution in [0.1, 0.15) is 35.2 Å². The van der Waals surface area contributed by atoms with Gasteiger partial charge in [-0.25, -0.2) is 0 Å². The van der Waals surface area contributed by atoms with Crippen molar-refractivity contribution in [1.29, 1.82) is 0 Å². The molecule has 10 nitrogen and oxygen atoms in total. The highest BCUT2D eigenvalue weighted by atomic mass is 16.5. The number of carbonyl (C=O) groups excluding carboxylic acids is 1. The molecule has 10 heteroatoms. The summed E-state index contributed by atoms with van der Waals surface area (Å²) in [5, 5.41) is 24.0. The quantitative estimate of drug-likeness (QED) is 0.668. The minimum atomic E-state index is -0.312. The topological polar surface area (TPSA) is 127 Å². The van der Waals surface area contributed by atoms with Crippen LogP contribution in [-0.4, -0.2) is 41.5 Å². The highest BCUT2D eigenvalue weighted by molar-refractivity contribution is 5.96. The number of aryl methyl sites for hydroxylation is 1. The Morgan fingerprint density at radius 3 is 3.18 bits per heavy atom. The summed E-state index contributed by atoms with van der Waals surface area (Å²) in [7, 11) is 0. The Bertz CT molecular complexity index is 745. The highest BCUT2D eigenvalue weighted by Crippen LogP contribution is 2.10. The largest absolute Gasteiger partial charge is 0.359 e. The molecule has 0 unspecified atom stereocenters. The Balaban J connectivity index is 1.66. The second-order valence-corrected chi connectivity index (χ2v) is 4.60. The van der Waals surface area contributed by atoms with Gasteiger partial charge in [0.25, 0.3) is 5.91 Å². The first-order valence-electron chi connectivity index (χ1n) is 6.77. The number of H-pyrrole nitrogens is 1. The molecule has 0 bridgehead atoms. The van der Waals surface area contributed by atoms with E-state index in [1.54, 1.807) is 0 Å². The third-order valence-corrected chi connectivity index (χ3v) is 2.98. The zero-order chi connectivity index (χ0) is 15.4. The first-order valence-corrected chi connectivity index (χ1v) is 6.77. The average molecular weight is 302 g/mol. The maximum Gasteiger partial charge on any atom is 0.257 e. The normalized spacial score (nSPS) is 10.8. The van der Waals surface area contributed by atoms with Gasteiger partial charge >= 0.3 is 0 Å². The molecule has 22 heavy (non-hydrogen) atoms. The second-order valence-electron chi connectivity index (χ2n) is 4.60. The monoisotopic (exact) mass is 302 g/mol. The summed E-state index contributed by atoms with van der Waals surface area (Å²) in [4.78, 5) is 12.2. The second kappa shape index (κ2) is 6.16. The van der Waals surface area contributed by atoms with Gasteiger partial charge in [0.15, 0.2) is 11.6 Å². The summed E-state index contributed by atoms with van der Waals surface area (Å²) in [5.74, 6) is 0.684. The minimum Gasteiger partial charge on any atom is -0.359 e. The standard InChI is InChI=1S/C12H14N8O2/c1-2-3-8-4-9(22-17-8)5-13-12(21)10-6-14-16-11(10)20-7-15-18-19-20/h4,6-7H,2-3,5H2,1H3,(H,13,21)(H,14,16). The number of carbonyl (C=O) groups is 1. The van der Waals surface area contributed by atoms with Gasteiger partial charge in [0, 0.05) is 6.07 Å². The van der Waals surface area contributed by atoms with Crippen molar-refractivity contribution >= 4 is 5.91 Å². The molecule has 0 spiro atoms. The fourth-order valence-corrected chi connectivity index (χ4v) is 1.96. The predicted octanol–water partition coefficient (Wildman–Crippen LogP) is 0.256. The van der Waals surface area contributed by atoms with E-state index in [0.29, 0.717) is 17.1 Å². The van der Waals surface area contributed by atoms with E-state index in [4.69, 9.17) is 4.52 Å². The Labute approximate surface area is 124 Å². The van der Waals surface area contributed by atoms with Crippen LogP contribution in [0.2, 0.25) is 0 Å². The van der Waals surface area contributed by atoms with Crippen molar-refractivity contribution in [1.82, 2.24) is 40.9 Å². The summed E-state index contributed by atoms with van der Waals surface area (Å²) in [6.07, 6.45) is 4.62. The molecule has 0 atom stereocenters. The predicted molar refractivity (Wildman–Crippen MR) is 73.0 cm³/mol. The van der Waals surface area contributed by atoms with Crippen molar-refractivity contribution in [2.45, 2.75) is 26.3 Å². The number of rotatable bonds is 6. The number of nitrogens with zero attached hydrogens (tertiary/aromatic N) is 6. The van der Waals surface area contributed by atoms with Crippen LogP contribution in [0.15, 0.2) is 23.1 Å². The van der Waals surface area contributed by atoms with E-state index in [2.05, 4.69) is 43.1 Å². The molecule has 0 aromatic carbocycles. The van der Waals surface area contributed by atoms with Crippen LogP contribution in [0, 0.1) is 0 Å². The first kappa shape index (κ1) is 13.9. The van der Waals surface area contributed by atoms with Gasteiger partial charge in [0.1, 0.15) is 11.9 Å². The lowest BCUT2D eigenvalue weighted by Gasteiger charge is -2.02. The molecule has 0 saturated heterocycles. The van der Waals surface area contributed by atoms with Crippen LogP contribution in [0.4, 0.5) is 0 Å². The molecule has 3 aromatic heterocycles. The average Bonchev–Trinajstić information content (AvgIpc) is 3.25. The van der Waals surface area contributed by atoms with Gasteiger partial charge in [-0.3, -0.25) is 9.89 Å². The summed E-state index contributed by atoms with van der Waals surface area (Å²) in [5.41, 5.74) is 1.21. The third kappa shape index (κ3) is 2.85. The van der Waals surface area contributed by atoms with Crippen molar-refractivity contribution in [2.24, 2.45) is 0 Å². The molecule has 0 saturated carbocycles. The van der Waals surface area contributed by atoms with Crippen LogP contribution in [0.5, 0.6) is 0 Å². The summed E-state index contributed by atoms with van der Waals surface area (Å²) in [6.45, 7) is 2.31. The van der Waals surface area contributed by atoms with Crippen molar-refractivity contribution in [2.75, 3.05) is 0 Å². The van der Waals surface area contributed by atoms with E-state index in [1.165, 1.54) is 17.2 Å². The van der Waals surface area contributed by atoms with Crippen molar-refractivity contribution in [3.05, 3.63) is 35.6 Å². The fraction of sp³-hybridized carbons (Fsp3) is 0.333. The number of hydrogen-bond acceptors (Lipinski definition) is 7. The summed E-state index contributed by atoms with van der Waals surface area (Å²) in [6, 6.07) is 1.83. The van der Waals surface area contributed by atoms with Gasteiger partial charge in [0.2, 0.25) is 0 Å². The lowest BCUT2D eigenvalue weighted by Crippen LogP contribution is -2.23. The van der Waals surface area contributed by atoms with Crippen LogP contribution >= 0.6 is 0 Å². The van der Waals surface area contributed by atoms with Crippen LogP contribution in [0.25, 0.3) is 5.82 Å². The van der Waals surface area contributed by atoms with E-state index in [1.807, 2.05) is 6.07 Å². The summed E-state index contributed by atoms with van der Waals surface area (Å²) < 4.78 is 6.49. The smallest absolute Gasteiger partial charge is 0.257 e. The molecule has 3 heterocycles. The van der Waals surface area contributed by atoms with Crippen molar-refractivity contribution < 1.29 is 9.32 Å². The number of aromatic nitrogens is 7. The summed E-state index contributed by atoms with van der Waals surface area (Å²) >= 11 is 0. The molecule has 2 N–H and O–H groups in total. The van der Waals surface area contributed by atoms with Gasteiger partial charge in [0.05, 0.1) is 18.4 Å². The van der Waals surface area contributed by atoms with Gasteiger partial charge in [-0.2, -0.15) is 9.78 Å². The number of nitrogens with one attached hydrogen (secondary N) is 2. The van der Waals surface area contributed by atoms with Gasteiger partial charge in [-0.1, -0.05) is 18.5 Å². The zero-order valence-electron chi connectivity index (χ0n) is 11.9. The van der Waals surface area contributed by atoms with Crippen LogP contribution < -0.4 is 5.32 Å². The van der Waals surface area contributed by atoms with Crippen LogP contribution in [0.3, 0.4) is 0 Å². The van der Waals surface area contributed by atoms with E-state index in [0.717, 1.165) is 18.5 Å². The van der Waals surface area contributed by atoms with E-state index < -0.39 is 0 Å². The van der Waals surface area contributed by atoms with Crippen LogP contribution in [-0.2, 0) is 13.0 Å². The van der Waals surface area contributed by atoms with Gasteiger partial charge in [-0.05, 0) is 16.8 Å². The highest BCUT2D eigenvalue weighted by Gasteiger charge is 2.16. The molecule has 114 valence electrons. The molecule has 0 aliphatic heterocycles. The molecule has 1 amide bonds. The third-order valence-electron chi connectivity index (χ3n) is 2.98. The van der Waals surface area contributed by atoms with Gasteiger partial charge < -0.3 is 9.84 Å². The molecule has 0 radical (unpaired) electrons. The molecule has 0 aliphatic carbocycles. The number of tetrazole rings is 1. The van der Waals surface area contributed by atoms with Crippen molar-refractivity contribution in [3.63, 3.8) is 0 Å². The Hall–Kier alpha value is -3.04. The van der Waals surface area contributed by atoms with Crippen molar-refractivity contribution in [3.8, 4) is 5.82 Å². The number of aromatic amines is 1. The maximum atomic E-state index is 12.2. The van der Waals surface area contributed by atoms with E-state index >= 15 is 0 Å². The molecular formula is C12H14N8O2. The molecular weight excluding hydrogens is 288 g/mol. The number of hydrogen-bond donors (Lipinski definition) is 2. The first-order chi connectivity index (χ1) is 10.8. The molecule has 0 fully saturated rings. The Kier molecular flexibility index (Phi) is 3.90. The number of amides is 1. The Morgan fingerprint density at radius 2 is 2.41 bits per heavy atom. The molecule has 0 aliphatic rings. The minimum absolute atomic E-state index is 0.246. The molecule has 3 aromatic rings. The Morgan fingerprint density at radius 1 is 1.50 bits per heavy atom. The maximum absolute atomic E-state index is 12.2. The van der Waals surface area contributed by atoms with E-state index in [9.17, 15) is 4.79 Å². The SMILES string of the molecule is CCCc1cc(CNC(=O)c2cn[nH]c2-n2cnnn2)on1. The van der Waals surface area contributed by atoms with E-state index in [-0.39, 0.29) is 12.5 Å². The lowest BCUT2D eigenvalue weighted by molar-refractivity contribution is 0.0947. The van der Waals surface area contributed by atoms with Gasteiger partial charge in [-0.15, -0.1) is 5.10 Å².